The molecule has 0 bridgehead atoms. The second kappa shape index (κ2) is 6.25. The monoisotopic (exact) mass is 387 g/mol. The number of carbonyl (C=O) groups excluding carboxylic acids is 2. The fourth-order valence-corrected chi connectivity index (χ4v) is 2.68. The number of carbonyl (C=O) groups is 2. The fourth-order valence-electron chi connectivity index (χ4n) is 2.24. The molecule has 1 heterocycles. The van der Waals surface area contributed by atoms with E-state index in [4.69, 9.17) is 0 Å². The fraction of sp³-hybridized carbons (Fsp3) is 0. The SMILES string of the molecule is O=C1C(Br)=C(Nc2ccccc2)C(=O)N1c1ccc([N+](=O)[O-])cc1. The molecule has 24 heavy (non-hydrogen) atoms. The summed E-state index contributed by atoms with van der Waals surface area (Å²) in [7, 11) is 0. The third-order valence-corrected chi connectivity index (χ3v) is 4.12. The summed E-state index contributed by atoms with van der Waals surface area (Å²) in [6, 6.07) is 14.2. The van der Waals surface area contributed by atoms with Crippen molar-refractivity contribution in [2.24, 2.45) is 0 Å². The van der Waals surface area contributed by atoms with E-state index in [0.29, 0.717) is 5.69 Å². The number of nitrogens with one attached hydrogen (secondary N) is 1. The predicted octanol–water partition coefficient (Wildman–Crippen LogP) is 3.19. The van der Waals surface area contributed by atoms with E-state index in [1.54, 1.807) is 24.3 Å². The van der Waals surface area contributed by atoms with Crippen LogP contribution in [0, 0.1) is 10.1 Å². The highest BCUT2D eigenvalue weighted by molar-refractivity contribution is 9.12. The van der Waals surface area contributed by atoms with Crippen LogP contribution in [0.1, 0.15) is 0 Å². The Hall–Kier alpha value is -3.00. The molecule has 2 amide bonds. The highest BCUT2D eigenvalue weighted by Gasteiger charge is 2.38. The Balaban J connectivity index is 1.89. The predicted molar refractivity (Wildman–Crippen MR) is 91.6 cm³/mol. The van der Waals surface area contributed by atoms with Crippen LogP contribution in [0.5, 0.6) is 0 Å². The highest BCUT2D eigenvalue weighted by Crippen LogP contribution is 2.31. The van der Waals surface area contributed by atoms with Crippen LogP contribution < -0.4 is 10.2 Å². The first-order chi connectivity index (χ1) is 11.5. The zero-order chi connectivity index (χ0) is 17.3. The maximum Gasteiger partial charge on any atom is 0.283 e. The van der Waals surface area contributed by atoms with Gasteiger partial charge in [-0.15, -0.1) is 0 Å². The van der Waals surface area contributed by atoms with Gasteiger partial charge in [0.1, 0.15) is 10.2 Å². The van der Waals surface area contributed by atoms with Crippen LogP contribution in [0.2, 0.25) is 0 Å². The van der Waals surface area contributed by atoms with E-state index in [2.05, 4.69) is 21.2 Å². The lowest BCUT2D eigenvalue weighted by Crippen LogP contribution is -2.32. The standard InChI is InChI=1S/C16H10BrN3O4/c17-13-14(18-10-4-2-1-3-5-10)16(22)19(15(13)21)11-6-8-12(9-7-11)20(23)24/h1-9,18H. The van der Waals surface area contributed by atoms with Gasteiger partial charge in [-0.25, -0.2) is 4.90 Å². The van der Waals surface area contributed by atoms with Crippen LogP contribution in [-0.4, -0.2) is 16.7 Å². The number of halogens is 1. The van der Waals surface area contributed by atoms with Crippen LogP contribution in [-0.2, 0) is 9.59 Å². The van der Waals surface area contributed by atoms with Gasteiger partial charge in [0.15, 0.2) is 0 Å². The molecule has 0 fully saturated rings. The number of nitro groups is 1. The van der Waals surface area contributed by atoms with Crippen molar-refractivity contribution in [1.82, 2.24) is 0 Å². The van der Waals surface area contributed by atoms with Crippen molar-refractivity contribution < 1.29 is 14.5 Å². The number of rotatable bonds is 4. The number of para-hydroxylation sites is 1. The van der Waals surface area contributed by atoms with Gasteiger partial charge in [0.05, 0.1) is 10.6 Å². The van der Waals surface area contributed by atoms with Gasteiger partial charge in [0.2, 0.25) is 0 Å². The quantitative estimate of drug-likeness (QED) is 0.493. The molecule has 1 aliphatic heterocycles. The maximum atomic E-state index is 12.6. The van der Waals surface area contributed by atoms with Gasteiger partial charge in [0.25, 0.3) is 17.5 Å². The van der Waals surface area contributed by atoms with Gasteiger partial charge < -0.3 is 5.32 Å². The molecule has 0 unspecified atom stereocenters. The van der Waals surface area contributed by atoms with E-state index in [1.165, 1.54) is 24.3 Å². The second-order valence-electron chi connectivity index (χ2n) is 4.90. The Morgan fingerprint density at radius 1 is 0.958 bits per heavy atom. The molecule has 1 N–H and O–H groups in total. The third kappa shape index (κ3) is 2.79. The molecule has 7 nitrogen and oxygen atoms in total. The first-order valence-corrected chi connectivity index (χ1v) is 7.63. The molecule has 0 radical (unpaired) electrons. The van der Waals surface area contributed by atoms with Crippen molar-refractivity contribution in [2.45, 2.75) is 0 Å². The molecule has 2 aromatic carbocycles. The zero-order valence-corrected chi connectivity index (χ0v) is 13.7. The van der Waals surface area contributed by atoms with Gasteiger partial charge >= 0.3 is 0 Å². The summed E-state index contributed by atoms with van der Waals surface area (Å²) >= 11 is 3.14. The van der Waals surface area contributed by atoms with Crippen LogP contribution in [0.25, 0.3) is 0 Å². The molecular weight excluding hydrogens is 378 g/mol. The molecule has 1 aliphatic rings. The smallest absolute Gasteiger partial charge is 0.283 e. The van der Waals surface area contributed by atoms with Crippen molar-refractivity contribution >= 4 is 44.8 Å². The summed E-state index contributed by atoms with van der Waals surface area (Å²) in [5.74, 6) is -1.07. The molecule has 0 saturated heterocycles. The van der Waals surface area contributed by atoms with Crippen LogP contribution in [0.15, 0.2) is 64.8 Å². The van der Waals surface area contributed by atoms with E-state index in [9.17, 15) is 19.7 Å². The molecular formula is C16H10BrN3O4. The summed E-state index contributed by atoms with van der Waals surface area (Å²) in [5.41, 5.74) is 0.922. The van der Waals surface area contributed by atoms with Gasteiger partial charge in [-0.3, -0.25) is 19.7 Å². The minimum Gasteiger partial charge on any atom is -0.350 e. The molecule has 3 rings (SSSR count). The lowest BCUT2D eigenvalue weighted by Gasteiger charge is -2.14. The average Bonchev–Trinajstić information content (AvgIpc) is 2.79. The number of benzene rings is 2. The number of nitro benzene ring substituents is 1. The van der Waals surface area contributed by atoms with Crippen molar-refractivity contribution in [1.29, 1.82) is 0 Å². The van der Waals surface area contributed by atoms with E-state index in [1.807, 2.05) is 6.07 Å². The van der Waals surface area contributed by atoms with E-state index >= 15 is 0 Å². The Labute approximate surface area is 144 Å². The van der Waals surface area contributed by atoms with Crippen molar-refractivity contribution in [3.05, 3.63) is 74.9 Å². The van der Waals surface area contributed by atoms with Crippen LogP contribution in [0.3, 0.4) is 0 Å². The Kier molecular flexibility index (Phi) is 4.13. The molecule has 0 atom stereocenters. The van der Waals surface area contributed by atoms with Crippen molar-refractivity contribution in [2.75, 3.05) is 10.2 Å². The summed E-state index contributed by atoms with van der Waals surface area (Å²) in [4.78, 5) is 36.0. The van der Waals surface area contributed by atoms with Crippen LogP contribution >= 0.6 is 15.9 Å². The Morgan fingerprint density at radius 3 is 2.17 bits per heavy atom. The molecule has 0 aromatic heterocycles. The van der Waals surface area contributed by atoms with E-state index < -0.39 is 16.7 Å². The zero-order valence-electron chi connectivity index (χ0n) is 12.1. The first-order valence-electron chi connectivity index (χ1n) is 6.84. The molecule has 0 spiro atoms. The summed E-state index contributed by atoms with van der Waals surface area (Å²) < 4.78 is 0.106. The van der Waals surface area contributed by atoms with Crippen molar-refractivity contribution in [3.8, 4) is 0 Å². The number of non-ortho nitro benzene ring substituents is 1. The molecule has 2 aromatic rings. The number of imide groups is 1. The molecule has 8 heteroatoms. The maximum absolute atomic E-state index is 12.6. The molecule has 0 saturated carbocycles. The van der Waals surface area contributed by atoms with Gasteiger partial charge in [-0.1, -0.05) is 18.2 Å². The number of hydrogen-bond donors (Lipinski definition) is 1. The largest absolute Gasteiger partial charge is 0.350 e. The number of hydrogen-bond acceptors (Lipinski definition) is 5. The van der Waals surface area contributed by atoms with Gasteiger partial charge in [0, 0.05) is 17.8 Å². The van der Waals surface area contributed by atoms with Gasteiger partial charge in [-0.05, 0) is 40.2 Å². The topological polar surface area (TPSA) is 92.6 Å². The van der Waals surface area contributed by atoms with Crippen LogP contribution in [0.4, 0.5) is 17.1 Å². The third-order valence-electron chi connectivity index (χ3n) is 3.39. The molecule has 0 aliphatic carbocycles. The number of amides is 2. The summed E-state index contributed by atoms with van der Waals surface area (Å²) in [6.07, 6.45) is 0. The number of anilines is 2. The summed E-state index contributed by atoms with van der Waals surface area (Å²) in [5, 5.41) is 13.6. The van der Waals surface area contributed by atoms with E-state index in [-0.39, 0.29) is 21.6 Å². The normalized spacial score (nSPS) is 14.3. The minimum absolute atomic E-state index is 0.106. The first kappa shape index (κ1) is 15.9. The minimum atomic E-state index is -0.548. The Morgan fingerprint density at radius 2 is 1.58 bits per heavy atom. The Bertz CT molecular complexity index is 863. The lowest BCUT2D eigenvalue weighted by molar-refractivity contribution is -0.384. The average molecular weight is 388 g/mol. The molecule has 120 valence electrons. The lowest BCUT2D eigenvalue weighted by atomic mass is 10.2. The summed E-state index contributed by atoms with van der Waals surface area (Å²) in [6.45, 7) is 0. The van der Waals surface area contributed by atoms with E-state index in [0.717, 1.165) is 4.90 Å². The van der Waals surface area contributed by atoms with Gasteiger partial charge in [-0.2, -0.15) is 0 Å². The number of nitrogens with zero attached hydrogens (tertiary/aromatic N) is 2. The highest BCUT2D eigenvalue weighted by atomic mass is 79.9. The van der Waals surface area contributed by atoms with Crippen molar-refractivity contribution in [3.63, 3.8) is 0 Å². The second-order valence-corrected chi connectivity index (χ2v) is 5.69.